The van der Waals surface area contributed by atoms with Gasteiger partial charge in [0.25, 0.3) is 0 Å². The van der Waals surface area contributed by atoms with Gasteiger partial charge in [0, 0.05) is 19.6 Å². The van der Waals surface area contributed by atoms with Gasteiger partial charge >= 0.3 is 5.97 Å². The predicted molar refractivity (Wildman–Crippen MR) is 60.3 cm³/mol. The average molecular weight is 227 g/mol. The minimum absolute atomic E-state index is 0.166. The fraction of sp³-hybridized carbons (Fsp3) is 0.917. The van der Waals surface area contributed by atoms with Crippen LogP contribution >= 0.6 is 0 Å². The van der Waals surface area contributed by atoms with Crippen LogP contribution < -0.4 is 0 Å². The fourth-order valence-corrected chi connectivity index (χ4v) is 2.85. The van der Waals surface area contributed by atoms with Gasteiger partial charge in [-0.25, -0.2) is 0 Å². The summed E-state index contributed by atoms with van der Waals surface area (Å²) in [6, 6.07) is 0. The fourth-order valence-electron chi connectivity index (χ4n) is 2.85. The Labute approximate surface area is 96.6 Å². The van der Waals surface area contributed by atoms with Crippen molar-refractivity contribution in [3.05, 3.63) is 0 Å². The van der Waals surface area contributed by atoms with Crippen LogP contribution in [0.5, 0.6) is 0 Å². The first-order valence-electron chi connectivity index (χ1n) is 6.30. The van der Waals surface area contributed by atoms with E-state index in [0.29, 0.717) is 12.5 Å². The molecule has 0 amide bonds. The van der Waals surface area contributed by atoms with Crippen LogP contribution in [0.1, 0.15) is 25.7 Å². The Kier molecular flexibility index (Phi) is 4.18. The number of carbonyl (C=O) groups is 1. The second-order valence-corrected chi connectivity index (χ2v) is 4.90. The Balaban J connectivity index is 1.88. The lowest BCUT2D eigenvalue weighted by molar-refractivity contribution is -0.145. The number of aliphatic carboxylic acids is 1. The van der Waals surface area contributed by atoms with Crippen LogP contribution in [0.4, 0.5) is 0 Å². The molecule has 1 saturated carbocycles. The van der Waals surface area contributed by atoms with Crippen LogP contribution in [0.3, 0.4) is 0 Å². The average Bonchev–Trinajstić information content (AvgIpc) is 2.80. The Hall–Kier alpha value is -0.610. The molecule has 4 heteroatoms. The zero-order valence-electron chi connectivity index (χ0n) is 9.73. The van der Waals surface area contributed by atoms with E-state index >= 15 is 0 Å². The topological polar surface area (TPSA) is 49.8 Å². The molecule has 0 aromatic rings. The first kappa shape index (κ1) is 11.9. The number of carboxylic acid groups (broad SMARTS) is 1. The third-order valence-corrected chi connectivity index (χ3v) is 3.84. The van der Waals surface area contributed by atoms with Gasteiger partial charge in [-0.2, -0.15) is 0 Å². The van der Waals surface area contributed by atoms with Gasteiger partial charge in [-0.3, -0.25) is 9.69 Å². The zero-order valence-corrected chi connectivity index (χ0v) is 9.73. The maximum atomic E-state index is 11.3. The lowest BCUT2D eigenvalue weighted by atomic mass is 9.90. The number of nitrogens with zero attached hydrogens (tertiary/aromatic N) is 1. The summed E-state index contributed by atoms with van der Waals surface area (Å²) in [7, 11) is 0. The van der Waals surface area contributed by atoms with Gasteiger partial charge in [-0.15, -0.1) is 0 Å². The van der Waals surface area contributed by atoms with Gasteiger partial charge in [0.05, 0.1) is 19.1 Å². The Morgan fingerprint density at radius 3 is 2.50 bits per heavy atom. The molecule has 1 N–H and O–H groups in total. The summed E-state index contributed by atoms with van der Waals surface area (Å²) in [5.41, 5.74) is 0. The molecule has 0 aromatic carbocycles. The van der Waals surface area contributed by atoms with Crippen LogP contribution in [-0.4, -0.2) is 48.8 Å². The number of hydrogen-bond donors (Lipinski definition) is 1. The molecule has 0 aromatic heterocycles. The van der Waals surface area contributed by atoms with Crippen LogP contribution in [0.25, 0.3) is 0 Å². The van der Waals surface area contributed by atoms with E-state index in [-0.39, 0.29) is 5.92 Å². The molecule has 0 spiro atoms. The second-order valence-electron chi connectivity index (χ2n) is 4.90. The summed E-state index contributed by atoms with van der Waals surface area (Å²) < 4.78 is 5.28. The van der Waals surface area contributed by atoms with Crippen molar-refractivity contribution < 1.29 is 14.6 Å². The Bertz CT molecular complexity index is 232. The van der Waals surface area contributed by atoms with Gasteiger partial charge in [0.1, 0.15) is 0 Å². The molecule has 16 heavy (non-hydrogen) atoms. The highest BCUT2D eigenvalue weighted by molar-refractivity contribution is 5.70. The summed E-state index contributed by atoms with van der Waals surface area (Å²) in [4.78, 5) is 13.5. The minimum atomic E-state index is -0.613. The molecule has 0 radical (unpaired) electrons. The smallest absolute Gasteiger partial charge is 0.308 e. The molecule has 1 heterocycles. The maximum Gasteiger partial charge on any atom is 0.308 e. The molecule has 4 nitrogen and oxygen atoms in total. The van der Waals surface area contributed by atoms with Crippen LogP contribution in [0.15, 0.2) is 0 Å². The third-order valence-electron chi connectivity index (χ3n) is 3.84. The highest BCUT2D eigenvalue weighted by atomic mass is 16.5. The molecule has 2 fully saturated rings. The van der Waals surface area contributed by atoms with Gasteiger partial charge < -0.3 is 9.84 Å². The van der Waals surface area contributed by atoms with E-state index in [0.717, 1.165) is 39.1 Å². The van der Waals surface area contributed by atoms with Crippen LogP contribution in [0, 0.1) is 11.8 Å². The van der Waals surface area contributed by atoms with E-state index in [1.54, 1.807) is 0 Å². The third kappa shape index (κ3) is 2.95. The highest BCUT2D eigenvalue weighted by Gasteiger charge is 2.32. The molecule has 1 aliphatic carbocycles. The number of rotatable bonds is 4. The lowest BCUT2D eigenvalue weighted by Gasteiger charge is -2.31. The van der Waals surface area contributed by atoms with E-state index in [1.165, 1.54) is 12.8 Å². The summed E-state index contributed by atoms with van der Waals surface area (Å²) in [6.07, 6.45) is 4.61. The Morgan fingerprint density at radius 1 is 1.31 bits per heavy atom. The van der Waals surface area contributed by atoms with Crippen molar-refractivity contribution in [1.82, 2.24) is 4.90 Å². The quantitative estimate of drug-likeness (QED) is 0.784. The molecule has 1 unspecified atom stereocenters. The Morgan fingerprint density at radius 2 is 1.94 bits per heavy atom. The van der Waals surface area contributed by atoms with Crippen molar-refractivity contribution >= 4 is 5.97 Å². The molecule has 92 valence electrons. The summed E-state index contributed by atoms with van der Waals surface area (Å²) in [5, 5.41) is 9.31. The van der Waals surface area contributed by atoms with Crippen molar-refractivity contribution in [2.75, 3.05) is 32.8 Å². The predicted octanol–water partition coefficient (Wildman–Crippen LogP) is 1.21. The summed E-state index contributed by atoms with van der Waals surface area (Å²) >= 11 is 0. The largest absolute Gasteiger partial charge is 0.481 e. The summed E-state index contributed by atoms with van der Waals surface area (Å²) in [5.74, 6) is -0.376. The molecule has 1 atom stereocenters. The number of morpholine rings is 1. The van der Waals surface area contributed by atoms with E-state index in [2.05, 4.69) is 4.90 Å². The lowest BCUT2D eigenvalue weighted by Crippen LogP contribution is -2.42. The highest BCUT2D eigenvalue weighted by Crippen LogP contribution is 2.32. The molecular weight excluding hydrogens is 206 g/mol. The first-order chi connectivity index (χ1) is 7.77. The SMILES string of the molecule is O=C(O)C(CN1CCOCC1)C1CCCC1. The van der Waals surface area contributed by atoms with Crippen molar-refractivity contribution in [3.63, 3.8) is 0 Å². The molecular formula is C12H21NO3. The van der Waals surface area contributed by atoms with Gasteiger partial charge in [0.15, 0.2) is 0 Å². The normalized spacial score (nSPS) is 25.8. The minimum Gasteiger partial charge on any atom is -0.481 e. The first-order valence-corrected chi connectivity index (χ1v) is 6.30. The van der Waals surface area contributed by atoms with Gasteiger partial charge in [-0.1, -0.05) is 12.8 Å². The van der Waals surface area contributed by atoms with Gasteiger partial charge in [0.2, 0.25) is 0 Å². The van der Waals surface area contributed by atoms with Crippen LogP contribution in [0.2, 0.25) is 0 Å². The van der Waals surface area contributed by atoms with E-state index < -0.39 is 5.97 Å². The van der Waals surface area contributed by atoms with Crippen LogP contribution in [-0.2, 0) is 9.53 Å². The molecule has 1 aliphatic heterocycles. The summed E-state index contributed by atoms with van der Waals surface area (Å²) in [6.45, 7) is 3.98. The number of hydrogen-bond acceptors (Lipinski definition) is 3. The molecule has 0 bridgehead atoms. The van der Waals surface area contributed by atoms with Crippen molar-refractivity contribution in [2.24, 2.45) is 11.8 Å². The number of carboxylic acids is 1. The maximum absolute atomic E-state index is 11.3. The second kappa shape index (κ2) is 5.64. The van der Waals surface area contributed by atoms with Crippen molar-refractivity contribution in [2.45, 2.75) is 25.7 Å². The van der Waals surface area contributed by atoms with E-state index in [4.69, 9.17) is 4.74 Å². The standard InChI is InChI=1S/C12H21NO3/c14-12(15)11(10-3-1-2-4-10)9-13-5-7-16-8-6-13/h10-11H,1-9H2,(H,14,15). The number of ether oxygens (including phenoxy) is 1. The van der Waals surface area contributed by atoms with E-state index in [9.17, 15) is 9.90 Å². The van der Waals surface area contributed by atoms with Gasteiger partial charge in [-0.05, 0) is 18.8 Å². The zero-order chi connectivity index (χ0) is 11.4. The molecule has 2 aliphatic rings. The van der Waals surface area contributed by atoms with Crippen molar-refractivity contribution in [1.29, 1.82) is 0 Å². The molecule has 2 rings (SSSR count). The molecule has 1 saturated heterocycles. The van der Waals surface area contributed by atoms with E-state index in [1.807, 2.05) is 0 Å². The monoisotopic (exact) mass is 227 g/mol. The van der Waals surface area contributed by atoms with Crippen molar-refractivity contribution in [3.8, 4) is 0 Å².